The Bertz CT molecular complexity index is 338. The first kappa shape index (κ1) is 12.6. The molecule has 1 aromatic heterocycles. The first-order valence-corrected chi connectivity index (χ1v) is 5.16. The summed E-state index contributed by atoms with van der Waals surface area (Å²) in [6.45, 7) is 5.31. The molecular weight excluding hydrogens is 211 g/mol. The maximum absolute atomic E-state index is 12.6. The fourth-order valence-corrected chi connectivity index (χ4v) is 1.06. The van der Waals surface area contributed by atoms with Crippen LogP contribution in [0.1, 0.15) is 19.7 Å². The smallest absolute Gasteiger partial charge is 0.194 e. The largest absolute Gasteiger partial charge is 0.490 e. The van der Waals surface area contributed by atoms with E-state index in [-0.39, 0.29) is 0 Å². The van der Waals surface area contributed by atoms with Crippen molar-refractivity contribution in [3.05, 3.63) is 30.1 Å². The van der Waals surface area contributed by atoms with Crippen LogP contribution in [-0.4, -0.2) is 29.8 Å². The van der Waals surface area contributed by atoms with Crippen molar-refractivity contribution in [3.63, 3.8) is 0 Å². The number of halogens is 1. The molecule has 0 saturated heterocycles. The molecule has 16 heavy (non-hydrogen) atoms. The van der Waals surface area contributed by atoms with E-state index in [0.717, 1.165) is 12.4 Å². The van der Waals surface area contributed by atoms with Crippen molar-refractivity contribution >= 4 is 5.76 Å². The molecule has 0 fully saturated rings. The van der Waals surface area contributed by atoms with Crippen LogP contribution in [0.25, 0.3) is 5.76 Å². The van der Waals surface area contributed by atoms with Gasteiger partial charge in [0.05, 0.1) is 25.6 Å². The van der Waals surface area contributed by atoms with Crippen molar-refractivity contribution in [2.24, 2.45) is 0 Å². The highest BCUT2D eigenvalue weighted by Gasteiger charge is 2.05. The molecule has 0 bridgehead atoms. The van der Waals surface area contributed by atoms with E-state index in [2.05, 4.69) is 9.97 Å². The Morgan fingerprint density at radius 3 is 2.56 bits per heavy atom. The molecule has 88 valence electrons. The van der Waals surface area contributed by atoms with Crippen molar-refractivity contribution in [1.29, 1.82) is 0 Å². The Morgan fingerprint density at radius 1 is 1.31 bits per heavy atom. The SMILES string of the molecule is CCOC/C=C(/OCC)c1ncc(F)cn1. The van der Waals surface area contributed by atoms with Crippen LogP contribution in [-0.2, 0) is 9.47 Å². The van der Waals surface area contributed by atoms with Gasteiger partial charge in [0, 0.05) is 6.61 Å². The van der Waals surface area contributed by atoms with Gasteiger partial charge in [-0.05, 0) is 19.9 Å². The van der Waals surface area contributed by atoms with Gasteiger partial charge >= 0.3 is 0 Å². The molecule has 0 unspecified atom stereocenters. The van der Waals surface area contributed by atoms with Crippen LogP contribution in [0.3, 0.4) is 0 Å². The third-order valence-electron chi connectivity index (χ3n) is 1.73. The molecule has 0 aliphatic heterocycles. The standard InChI is InChI=1S/C11H15FN2O2/c1-3-15-6-5-10(16-4-2)11-13-7-9(12)8-14-11/h5,7-8H,3-4,6H2,1-2H3/b10-5+. The van der Waals surface area contributed by atoms with E-state index in [0.29, 0.717) is 31.4 Å². The van der Waals surface area contributed by atoms with E-state index in [4.69, 9.17) is 9.47 Å². The minimum atomic E-state index is -0.468. The van der Waals surface area contributed by atoms with Gasteiger partial charge in [-0.3, -0.25) is 0 Å². The molecule has 0 amide bonds. The van der Waals surface area contributed by atoms with Crippen molar-refractivity contribution in [1.82, 2.24) is 9.97 Å². The molecule has 0 aromatic carbocycles. The van der Waals surface area contributed by atoms with E-state index in [1.165, 1.54) is 0 Å². The fraction of sp³-hybridized carbons (Fsp3) is 0.455. The summed E-state index contributed by atoms with van der Waals surface area (Å²) in [6.07, 6.45) is 3.95. The highest BCUT2D eigenvalue weighted by atomic mass is 19.1. The summed E-state index contributed by atoms with van der Waals surface area (Å²) in [6, 6.07) is 0. The topological polar surface area (TPSA) is 44.2 Å². The first-order valence-electron chi connectivity index (χ1n) is 5.16. The molecule has 0 saturated carbocycles. The highest BCUT2D eigenvalue weighted by Crippen LogP contribution is 2.10. The van der Waals surface area contributed by atoms with Crippen molar-refractivity contribution in [3.8, 4) is 0 Å². The molecule has 0 radical (unpaired) electrons. The number of ether oxygens (including phenoxy) is 2. The molecule has 0 spiro atoms. The Labute approximate surface area is 94.1 Å². The number of hydrogen-bond donors (Lipinski definition) is 0. The second-order valence-electron chi connectivity index (χ2n) is 2.89. The summed E-state index contributed by atoms with van der Waals surface area (Å²) in [5, 5.41) is 0. The molecule has 1 aromatic rings. The lowest BCUT2D eigenvalue weighted by Crippen LogP contribution is -2.01. The lowest BCUT2D eigenvalue weighted by atomic mass is 10.4. The van der Waals surface area contributed by atoms with Gasteiger partial charge in [0.2, 0.25) is 0 Å². The summed E-state index contributed by atoms with van der Waals surface area (Å²) in [5.74, 6) is 0.406. The fourth-order valence-electron chi connectivity index (χ4n) is 1.06. The molecule has 4 nitrogen and oxygen atoms in total. The average molecular weight is 226 g/mol. The van der Waals surface area contributed by atoms with Crippen LogP contribution >= 0.6 is 0 Å². The Hall–Kier alpha value is -1.49. The summed E-state index contributed by atoms with van der Waals surface area (Å²) in [5.41, 5.74) is 0. The monoisotopic (exact) mass is 226 g/mol. The van der Waals surface area contributed by atoms with Crippen LogP contribution < -0.4 is 0 Å². The minimum absolute atomic E-state index is 0.364. The molecule has 0 atom stereocenters. The molecule has 0 aliphatic carbocycles. The number of rotatable bonds is 6. The van der Waals surface area contributed by atoms with E-state index in [1.807, 2.05) is 13.8 Å². The van der Waals surface area contributed by atoms with E-state index < -0.39 is 5.82 Å². The van der Waals surface area contributed by atoms with Crippen molar-refractivity contribution in [2.75, 3.05) is 19.8 Å². The minimum Gasteiger partial charge on any atom is -0.490 e. The average Bonchev–Trinajstić information content (AvgIpc) is 2.29. The van der Waals surface area contributed by atoms with Crippen LogP contribution in [0.2, 0.25) is 0 Å². The van der Waals surface area contributed by atoms with Gasteiger partial charge in [-0.25, -0.2) is 14.4 Å². The van der Waals surface area contributed by atoms with Crippen molar-refractivity contribution in [2.45, 2.75) is 13.8 Å². The third kappa shape index (κ3) is 3.94. The zero-order valence-electron chi connectivity index (χ0n) is 9.44. The Kier molecular flexibility index (Phi) is 5.42. The van der Waals surface area contributed by atoms with Gasteiger partial charge in [-0.1, -0.05) is 0 Å². The van der Waals surface area contributed by atoms with E-state index >= 15 is 0 Å². The number of nitrogens with zero attached hydrogens (tertiary/aromatic N) is 2. The Balaban J connectivity index is 2.76. The van der Waals surface area contributed by atoms with Crippen LogP contribution in [0, 0.1) is 5.82 Å². The summed E-state index contributed by atoms with van der Waals surface area (Å²) < 4.78 is 23.2. The normalized spacial score (nSPS) is 11.6. The lowest BCUT2D eigenvalue weighted by Gasteiger charge is -2.06. The van der Waals surface area contributed by atoms with E-state index in [9.17, 15) is 4.39 Å². The summed E-state index contributed by atoms with van der Waals surface area (Å²) in [7, 11) is 0. The van der Waals surface area contributed by atoms with Gasteiger partial charge in [-0.2, -0.15) is 0 Å². The lowest BCUT2D eigenvalue weighted by molar-refractivity contribution is 0.175. The maximum Gasteiger partial charge on any atom is 0.194 e. The molecular formula is C11H15FN2O2. The van der Waals surface area contributed by atoms with Crippen LogP contribution in [0.15, 0.2) is 18.5 Å². The first-order chi connectivity index (χ1) is 7.77. The second kappa shape index (κ2) is 6.90. The molecule has 0 aliphatic rings. The van der Waals surface area contributed by atoms with Gasteiger partial charge < -0.3 is 9.47 Å². The van der Waals surface area contributed by atoms with Crippen molar-refractivity contribution < 1.29 is 13.9 Å². The predicted molar refractivity (Wildman–Crippen MR) is 58.1 cm³/mol. The molecule has 1 rings (SSSR count). The van der Waals surface area contributed by atoms with Gasteiger partial charge in [0.25, 0.3) is 0 Å². The second-order valence-corrected chi connectivity index (χ2v) is 2.89. The maximum atomic E-state index is 12.6. The number of aromatic nitrogens is 2. The van der Waals surface area contributed by atoms with E-state index in [1.54, 1.807) is 6.08 Å². The molecule has 1 heterocycles. The predicted octanol–water partition coefficient (Wildman–Crippen LogP) is 2.03. The zero-order valence-corrected chi connectivity index (χ0v) is 9.44. The van der Waals surface area contributed by atoms with Gasteiger partial charge in [0.1, 0.15) is 0 Å². The van der Waals surface area contributed by atoms with Crippen LogP contribution in [0.4, 0.5) is 4.39 Å². The zero-order chi connectivity index (χ0) is 11.8. The van der Waals surface area contributed by atoms with Crippen LogP contribution in [0.5, 0.6) is 0 Å². The summed E-state index contributed by atoms with van der Waals surface area (Å²) >= 11 is 0. The third-order valence-corrected chi connectivity index (χ3v) is 1.73. The Morgan fingerprint density at radius 2 is 2.00 bits per heavy atom. The molecule has 0 N–H and O–H groups in total. The van der Waals surface area contributed by atoms with Gasteiger partial charge in [0.15, 0.2) is 17.4 Å². The number of hydrogen-bond acceptors (Lipinski definition) is 4. The van der Waals surface area contributed by atoms with Gasteiger partial charge in [-0.15, -0.1) is 0 Å². The quantitative estimate of drug-likeness (QED) is 0.550. The summed E-state index contributed by atoms with van der Waals surface area (Å²) in [4.78, 5) is 7.68. The highest BCUT2D eigenvalue weighted by molar-refractivity contribution is 5.52. The molecule has 5 heteroatoms.